The SMILES string of the molecule is CNc1nn(CN2CCN(S(=O)(=O)c3ccccc3F)CC2)c(=S)s1. The van der Waals surface area contributed by atoms with Gasteiger partial charge in [0.1, 0.15) is 10.7 Å². The molecule has 2 heterocycles. The van der Waals surface area contributed by atoms with Crippen LogP contribution in [0.25, 0.3) is 0 Å². The first kappa shape index (κ1) is 18.4. The van der Waals surface area contributed by atoms with Crippen molar-refractivity contribution in [3.05, 3.63) is 34.0 Å². The van der Waals surface area contributed by atoms with E-state index < -0.39 is 15.8 Å². The van der Waals surface area contributed by atoms with Crippen LogP contribution in [0, 0.1) is 9.77 Å². The number of hydrogen-bond donors (Lipinski definition) is 1. The van der Waals surface area contributed by atoms with Gasteiger partial charge in [-0.05, 0) is 24.4 Å². The molecule has 1 aliphatic heterocycles. The molecule has 1 fully saturated rings. The standard InChI is InChI=1S/C14H18FN5O2S3/c1-16-13-17-20(14(23)24-13)10-18-6-8-19(9-7-18)25(21,22)12-5-3-2-4-11(12)15/h2-5H,6-10H2,1H3,(H,16,17). The lowest BCUT2D eigenvalue weighted by atomic mass is 10.3. The van der Waals surface area contributed by atoms with Crippen LogP contribution in [0.5, 0.6) is 0 Å². The number of benzene rings is 1. The van der Waals surface area contributed by atoms with Crippen molar-refractivity contribution in [3.63, 3.8) is 0 Å². The molecule has 1 aromatic carbocycles. The lowest BCUT2D eigenvalue weighted by Crippen LogP contribution is -2.49. The highest BCUT2D eigenvalue weighted by Gasteiger charge is 2.30. The molecule has 1 N–H and O–H groups in total. The minimum absolute atomic E-state index is 0.274. The fourth-order valence-corrected chi connectivity index (χ4v) is 5.02. The maximum atomic E-state index is 13.8. The Morgan fingerprint density at radius 1 is 1.28 bits per heavy atom. The average molecular weight is 404 g/mol. The monoisotopic (exact) mass is 403 g/mol. The Kier molecular flexibility index (Phi) is 5.49. The summed E-state index contributed by atoms with van der Waals surface area (Å²) in [6.07, 6.45) is 0. The predicted octanol–water partition coefficient (Wildman–Crippen LogP) is 1.82. The summed E-state index contributed by atoms with van der Waals surface area (Å²) in [6.45, 7) is 2.16. The molecule has 0 bridgehead atoms. The quantitative estimate of drug-likeness (QED) is 0.768. The first-order valence-electron chi connectivity index (χ1n) is 7.64. The number of halogens is 1. The third kappa shape index (κ3) is 3.90. The molecule has 0 amide bonds. The molecule has 0 aliphatic carbocycles. The van der Waals surface area contributed by atoms with Gasteiger partial charge in [0.25, 0.3) is 0 Å². The van der Waals surface area contributed by atoms with Gasteiger partial charge in [0.05, 0.1) is 6.67 Å². The lowest BCUT2D eigenvalue weighted by molar-refractivity contribution is 0.145. The summed E-state index contributed by atoms with van der Waals surface area (Å²) < 4.78 is 42.7. The topological polar surface area (TPSA) is 70.5 Å². The highest BCUT2D eigenvalue weighted by molar-refractivity contribution is 7.89. The van der Waals surface area contributed by atoms with Crippen LogP contribution in [0.1, 0.15) is 0 Å². The number of nitrogens with zero attached hydrogens (tertiary/aromatic N) is 4. The number of aromatic nitrogens is 2. The van der Waals surface area contributed by atoms with Crippen LogP contribution in [-0.2, 0) is 16.7 Å². The minimum atomic E-state index is -3.82. The van der Waals surface area contributed by atoms with Crippen LogP contribution in [0.3, 0.4) is 0 Å². The zero-order valence-electron chi connectivity index (χ0n) is 13.6. The largest absolute Gasteiger partial charge is 0.363 e. The molecule has 0 unspecified atom stereocenters. The van der Waals surface area contributed by atoms with E-state index in [4.69, 9.17) is 12.2 Å². The van der Waals surface area contributed by atoms with Crippen LogP contribution >= 0.6 is 23.6 Å². The summed E-state index contributed by atoms with van der Waals surface area (Å²) in [5, 5.41) is 8.04. The number of piperazine rings is 1. The van der Waals surface area contributed by atoms with E-state index in [0.29, 0.717) is 36.8 Å². The lowest BCUT2D eigenvalue weighted by Gasteiger charge is -2.33. The molecule has 7 nitrogen and oxygen atoms in total. The van der Waals surface area contributed by atoms with Gasteiger partial charge in [0, 0.05) is 33.2 Å². The third-order valence-corrected chi connectivity index (χ3v) is 7.20. The highest BCUT2D eigenvalue weighted by atomic mass is 32.2. The molecule has 25 heavy (non-hydrogen) atoms. The van der Waals surface area contributed by atoms with Crippen LogP contribution in [0.15, 0.2) is 29.2 Å². The Labute approximate surface area is 154 Å². The molecular weight excluding hydrogens is 385 g/mol. The Morgan fingerprint density at radius 2 is 1.96 bits per heavy atom. The molecule has 1 aliphatic rings. The molecule has 3 rings (SSSR count). The number of nitrogens with one attached hydrogen (secondary N) is 1. The number of sulfonamides is 1. The van der Waals surface area contributed by atoms with E-state index in [1.54, 1.807) is 11.7 Å². The van der Waals surface area contributed by atoms with E-state index in [-0.39, 0.29) is 4.90 Å². The van der Waals surface area contributed by atoms with Crippen molar-refractivity contribution in [1.29, 1.82) is 0 Å². The molecule has 0 saturated carbocycles. The van der Waals surface area contributed by atoms with Crippen molar-refractivity contribution in [2.75, 3.05) is 38.5 Å². The van der Waals surface area contributed by atoms with Crippen molar-refractivity contribution < 1.29 is 12.8 Å². The first-order chi connectivity index (χ1) is 11.9. The number of rotatable bonds is 5. The summed E-state index contributed by atoms with van der Waals surface area (Å²) >= 11 is 6.66. The van der Waals surface area contributed by atoms with Crippen LogP contribution in [0.2, 0.25) is 0 Å². The Hall–Kier alpha value is -1.40. The second-order valence-electron chi connectivity index (χ2n) is 5.52. The van der Waals surface area contributed by atoms with Gasteiger partial charge in [-0.15, -0.1) is 5.10 Å². The highest BCUT2D eigenvalue weighted by Crippen LogP contribution is 2.21. The maximum Gasteiger partial charge on any atom is 0.246 e. The first-order valence-corrected chi connectivity index (χ1v) is 10.3. The molecule has 11 heteroatoms. The van der Waals surface area contributed by atoms with E-state index in [1.165, 1.54) is 33.8 Å². The molecular formula is C14H18FN5O2S3. The normalized spacial score (nSPS) is 16.9. The van der Waals surface area contributed by atoms with Crippen molar-refractivity contribution in [2.24, 2.45) is 0 Å². The summed E-state index contributed by atoms with van der Waals surface area (Å²) in [5.74, 6) is -0.724. The van der Waals surface area contributed by atoms with Crippen molar-refractivity contribution in [1.82, 2.24) is 19.0 Å². The summed E-state index contributed by atoms with van der Waals surface area (Å²) in [7, 11) is -2.03. The summed E-state index contributed by atoms with van der Waals surface area (Å²) in [6, 6.07) is 5.45. The van der Waals surface area contributed by atoms with Gasteiger partial charge >= 0.3 is 0 Å². The summed E-state index contributed by atoms with van der Waals surface area (Å²) in [4.78, 5) is 1.80. The van der Waals surface area contributed by atoms with Crippen LogP contribution in [0.4, 0.5) is 9.52 Å². The third-order valence-electron chi connectivity index (χ3n) is 3.94. The molecule has 0 spiro atoms. The zero-order chi connectivity index (χ0) is 18.0. The van der Waals surface area contributed by atoms with Gasteiger partial charge in [0.2, 0.25) is 15.2 Å². The minimum Gasteiger partial charge on any atom is -0.363 e. The molecule has 1 saturated heterocycles. The summed E-state index contributed by atoms with van der Waals surface area (Å²) in [5.41, 5.74) is 0. The van der Waals surface area contributed by atoms with E-state index in [1.807, 2.05) is 0 Å². The predicted molar refractivity (Wildman–Crippen MR) is 97.2 cm³/mol. The number of hydrogen-bond acceptors (Lipinski definition) is 7. The van der Waals surface area contributed by atoms with Gasteiger partial charge in [-0.25, -0.2) is 17.5 Å². The van der Waals surface area contributed by atoms with Crippen molar-refractivity contribution >= 4 is 38.7 Å². The molecule has 0 radical (unpaired) electrons. The molecule has 1 aromatic heterocycles. The molecule has 136 valence electrons. The van der Waals surface area contributed by atoms with E-state index in [9.17, 15) is 12.8 Å². The Morgan fingerprint density at radius 3 is 2.56 bits per heavy atom. The Balaban J connectivity index is 1.66. The van der Waals surface area contributed by atoms with Gasteiger partial charge in [0.15, 0.2) is 3.95 Å². The van der Waals surface area contributed by atoms with E-state index in [0.717, 1.165) is 11.2 Å². The van der Waals surface area contributed by atoms with Crippen LogP contribution < -0.4 is 5.32 Å². The fourth-order valence-electron chi connectivity index (χ4n) is 2.59. The number of anilines is 1. The molecule has 2 aromatic rings. The fraction of sp³-hybridized carbons (Fsp3) is 0.429. The smallest absolute Gasteiger partial charge is 0.246 e. The second kappa shape index (κ2) is 7.46. The average Bonchev–Trinajstić information content (AvgIpc) is 2.95. The Bertz CT molecular complexity index is 903. The second-order valence-corrected chi connectivity index (χ2v) is 9.05. The van der Waals surface area contributed by atoms with Crippen molar-refractivity contribution in [3.8, 4) is 0 Å². The zero-order valence-corrected chi connectivity index (χ0v) is 16.0. The van der Waals surface area contributed by atoms with E-state index >= 15 is 0 Å². The maximum absolute atomic E-state index is 13.8. The van der Waals surface area contributed by atoms with E-state index in [2.05, 4.69) is 15.3 Å². The van der Waals surface area contributed by atoms with Gasteiger partial charge < -0.3 is 5.32 Å². The van der Waals surface area contributed by atoms with Crippen molar-refractivity contribution in [2.45, 2.75) is 11.6 Å². The van der Waals surface area contributed by atoms with Gasteiger partial charge in [-0.3, -0.25) is 4.90 Å². The van der Waals surface area contributed by atoms with Crippen LogP contribution in [-0.4, -0.2) is 60.6 Å². The van der Waals surface area contributed by atoms with Gasteiger partial charge in [-0.1, -0.05) is 23.5 Å². The van der Waals surface area contributed by atoms with Gasteiger partial charge in [-0.2, -0.15) is 4.31 Å². The molecule has 0 atom stereocenters.